The number of anilines is 1. The predicted octanol–water partition coefficient (Wildman–Crippen LogP) is 2.44. The molecule has 30 heavy (non-hydrogen) atoms. The number of nitrogens with zero attached hydrogens (tertiary/aromatic N) is 2. The summed E-state index contributed by atoms with van der Waals surface area (Å²) in [7, 11) is 0. The molecule has 0 saturated heterocycles. The summed E-state index contributed by atoms with van der Waals surface area (Å²) in [6.07, 6.45) is 0. The van der Waals surface area contributed by atoms with Crippen molar-refractivity contribution in [3.05, 3.63) is 74.4 Å². The number of benzene rings is 2. The van der Waals surface area contributed by atoms with Gasteiger partial charge in [-0.25, -0.2) is 4.79 Å². The van der Waals surface area contributed by atoms with Crippen LogP contribution in [0.2, 0.25) is 0 Å². The van der Waals surface area contributed by atoms with Gasteiger partial charge in [0.2, 0.25) is 0 Å². The number of hydrogen-bond donors (Lipinski definition) is 2. The van der Waals surface area contributed by atoms with E-state index in [1.165, 1.54) is 18.2 Å². The van der Waals surface area contributed by atoms with Crippen LogP contribution < -0.4 is 16.6 Å². The summed E-state index contributed by atoms with van der Waals surface area (Å²) < 4.78 is 1.10. The highest BCUT2D eigenvalue weighted by Gasteiger charge is 2.14. The van der Waals surface area contributed by atoms with E-state index in [0.717, 1.165) is 4.57 Å². The first-order valence-corrected chi connectivity index (χ1v) is 9.87. The van der Waals surface area contributed by atoms with Crippen LogP contribution in [0, 0.1) is 0 Å². The van der Waals surface area contributed by atoms with Crippen molar-refractivity contribution >= 4 is 28.4 Å². The highest BCUT2D eigenvalue weighted by Crippen LogP contribution is 2.16. The molecule has 0 atom stereocenters. The Balaban J connectivity index is 1.89. The molecule has 8 heteroatoms. The van der Waals surface area contributed by atoms with Gasteiger partial charge in [0.1, 0.15) is 0 Å². The van der Waals surface area contributed by atoms with Gasteiger partial charge in [-0.2, -0.15) is 0 Å². The molecule has 2 N–H and O–H groups in total. The zero-order valence-electron chi connectivity index (χ0n) is 17.2. The third kappa shape index (κ3) is 4.03. The molecule has 0 unspecified atom stereocenters. The molecule has 0 aliphatic rings. The molecule has 2 amide bonds. The fraction of sp³-hybridized carbons (Fsp3) is 0.273. The van der Waals surface area contributed by atoms with E-state index < -0.39 is 17.2 Å². The zero-order valence-corrected chi connectivity index (χ0v) is 17.2. The van der Waals surface area contributed by atoms with E-state index in [1.807, 2.05) is 13.8 Å². The zero-order chi connectivity index (χ0) is 21.8. The van der Waals surface area contributed by atoms with Gasteiger partial charge in [0.25, 0.3) is 17.4 Å². The fourth-order valence-corrected chi connectivity index (χ4v) is 3.31. The number of amides is 2. The lowest BCUT2D eigenvalue weighted by Gasteiger charge is -2.19. The molecule has 1 aromatic heterocycles. The molecule has 3 aromatic rings. The SMILES string of the molecule is CCN(CC)C(=O)c1cccc(NC(=O)c2ccc3c(=O)n(CC)c(=O)[nH]c3c2)c1. The molecule has 0 aliphatic carbocycles. The molecule has 156 valence electrons. The largest absolute Gasteiger partial charge is 0.339 e. The van der Waals surface area contributed by atoms with E-state index in [9.17, 15) is 19.2 Å². The summed E-state index contributed by atoms with van der Waals surface area (Å²) in [4.78, 5) is 54.0. The van der Waals surface area contributed by atoms with Crippen molar-refractivity contribution in [2.45, 2.75) is 27.3 Å². The fourth-order valence-electron chi connectivity index (χ4n) is 3.31. The Morgan fingerprint density at radius 1 is 1.00 bits per heavy atom. The summed E-state index contributed by atoms with van der Waals surface area (Å²) >= 11 is 0. The second-order valence-electron chi connectivity index (χ2n) is 6.75. The summed E-state index contributed by atoms with van der Waals surface area (Å²) in [6, 6.07) is 11.3. The van der Waals surface area contributed by atoms with Crippen LogP contribution in [-0.4, -0.2) is 39.4 Å². The average molecular weight is 408 g/mol. The number of nitrogens with one attached hydrogen (secondary N) is 2. The number of aromatic nitrogens is 2. The molecule has 2 aromatic carbocycles. The van der Waals surface area contributed by atoms with Crippen LogP contribution in [0.25, 0.3) is 10.9 Å². The number of aromatic amines is 1. The van der Waals surface area contributed by atoms with Gasteiger partial charge in [-0.15, -0.1) is 0 Å². The summed E-state index contributed by atoms with van der Waals surface area (Å²) in [5.74, 6) is -0.517. The van der Waals surface area contributed by atoms with E-state index in [4.69, 9.17) is 0 Å². The quantitative estimate of drug-likeness (QED) is 0.654. The van der Waals surface area contributed by atoms with Crippen molar-refractivity contribution in [2.24, 2.45) is 0 Å². The molecule has 0 fully saturated rings. The van der Waals surface area contributed by atoms with Crippen molar-refractivity contribution in [1.82, 2.24) is 14.5 Å². The van der Waals surface area contributed by atoms with Crippen LogP contribution in [0.3, 0.4) is 0 Å². The lowest BCUT2D eigenvalue weighted by atomic mass is 10.1. The summed E-state index contributed by atoms with van der Waals surface area (Å²) in [6.45, 7) is 6.99. The minimum Gasteiger partial charge on any atom is -0.339 e. The normalized spacial score (nSPS) is 10.8. The van der Waals surface area contributed by atoms with Gasteiger partial charge in [-0.05, 0) is 57.2 Å². The monoisotopic (exact) mass is 408 g/mol. The summed E-state index contributed by atoms with van der Waals surface area (Å²) in [5, 5.41) is 3.09. The maximum absolute atomic E-state index is 12.7. The van der Waals surface area contributed by atoms with Gasteiger partial charge in [0, 0.05) is 36.4 Å². The first kappa shape index (κ1) is 21.0. The van der Waals surface area contributed by atoms with E-state index in [0.29, 0.717) is 35.2 Å². The lowest BCUT2D eigenvalue weighted by molar-refractivity contribution is 0.0772. The van der Waals surface area contributed by atoms with Crippen LogP contribution in [0.15, 0.2) is 52.1 Å². The van der Waals surface area contributed by atoms with Crippen LogP contribution in [0.4, 0.5) is 5.69 Å². The molecular formula is C22H24N4O4. The van der Waals surface area contributed by atoms with Crippen LogP contribution in [0.1, 0.15) is 41.5 Å². The smallest absolute Gasteiger partial charge is 0.328 e. The molecule has 0 radical (unpaired) electrons. The van der Waals surface area contributed by atoms with Gasteiger partial charge in [0.15, 0.2) is 0 Å². The number of rotatable bonds is 6. The molecule has 0 bridgehead atoms. The Morgan fingerprint density at radius 2 is 1.73 bits per heavy atom. The number of H-pyrrole nitrogens is 1. The predicted molar refractivity (Wildman–Crippen MR) is 116 cm³/mol. The summed E-state index contributed by atoms with van der Waals surface area (Å²) in [5.41, 5.74) is 0.633. The maximum Gasteiger partial charge on any atom is 0.328 e. The second kappa shape index (κ2) is 8.77. The van der Waals surface area contributed by atoms with Crippen molar-refractivity contribution in [3.8, 4) is 0 Å². The number of fused-ring (bicyclic) bond motifs is 1. The molecule has 0 spiro atoms. The Morgan fingerprint density at radius 3 is 2.40 bits per heavy atom. The van der Waals surface area contributed by atoms with Crippen molar-refractivity contribution in [1.29, 1.82) is 0 Å². The molecule has 1 heterocycles. The maximum atomic E-state index is 12.7. The highest BCUT2D eigenvalue weighted by atomic mass is 16.2. The van der Waals surface area contributed by atoms with E-state index >= 15 is 0 Å². The van der Waals surface area contributed by atoms with Crippen LogP contribution in [-0.2, 0) is 6.54 Å². The van der Waals surface area contributed by atoms with Crippen molar-refractivity contribution in [3.63, 3.8) is 0 Å². The van der Waals surface area contributed by atoms with Gasteiger partial charge < -0.3 is 15.2 Å². The topological polar surface area (TPSA) is 104 Å². The van der Waals surface area contributed by atoms with Crippen LogP contribution in [0.5, 0.6) is 0 Å². The minimum atomic E-state index is -0.518. The first-order valence-electron chi connectivity index (χ1n) is 9.87. The highest BCUT2D eigenvalue weighted by molar-refractivity contribution is 6.06. The minimum absolute atomic E-state index is 0.105. The molecule has 0 aliphatic heterocycles. The standard InChI is InChI=1S/C22H24N4O4/c1-4-25(5-2)20(28)15-8-7-9-16(12-15)23-19(27)14-10-11-17-18(13-14)24-22(30)26(6-3)21(17)29/h7-13H,4-6H2,1-3H3,(H,23,27)(H,24,30). The molecule has 8 nitrogen and oxygen atoms in total. The molecular weight excluding hydrogens is 384 g/mol. The first-order chi connectivity index (χ1) is 14.4. The van der Waals surface area contributed by atoms with E-state index in [1.54, 1.807) is 36.1 Å². The van der Waals surface area contributed by atoms with Gasteiger partial charge in [0.05, 0.1) is 10.9 Å². The molecule has 0 saturated carbocycles. The number of hydrogen-bond acceptors (Lipinski definition) is 4. The van der Waals surface area contributed by atoms with Gasteiger partial charge in [-0.1, -0.05) is 6.07 Å². The Bertz CT molecular complexity index is 1220. The molecule has 3 rings (SSSR count). The van der Waals surface area contributed by atoms with E-state index in [2.05, 4.69) is 10.3 Å². The van der Waals surface area contributed by atoms with Gasteiger partial charge in [-0.3, -0.25) is 19.0 Å². The second-order valence-corrected chi connectivity index (χ2v) is 6.75. The number of carbonyl (C=O) groups is 2. The average Bonchev–Trinajstić information content (AvgIpc) is 2.74. The Kier molecular flexibility index (Phi) is 6.15. The third-order valence-corrected chi connectivity index (χ3v) is 4.98. The van der Waals surface area contributed by atoms with Crippen molar-refractivity contribution < 1.29 is 9.59 Å². The Labute approximate surface area is 173 Å². The van der Waals surface area contributed by atoms with E-state index in [-0.39, 0.29) is 18.0 Å². The lowest BCUT2D eigenvalue weighted by Crippen LogP contribution is -2.34. The third-order valence-electron chi connectivity index (χ3n) is 4.98. The van der Waals surface area contributed by atoms with Gasteiger partial charge >= 0.3 is 5.69 Å². The Hall–Kier alpha value is -3.68. The van der Waals surface area contributed by atoms with Crippen molar-refractivity contribution in [2.75, 3.05) is 18.4 Å². The van der Waals surface area contributed by atoms with Crippen LogP contribution >= 0.6 is 0 Å². The number of carbonyl (C=O) groups excluding carboxylic acids is 2.